The number of anilines is 1. The minimum absolute atomic E-state index is 0.112. The van der Waals surface area contributed by atoms with E-state index in [1.54, 1.807) is 24.8 Å². The molecule has 2 aromatic heterocycles. The summed E-state index contributed by atoms with van der Waals surface area (Å²) in [6, 6.07) is 11.5. The first kappa shape index (κ1) is 18.0. The number of thioether (sulfide) groups is 1. The van der Waals surface area contributed by atoms with Crippen molar-refractivity contribution in [1.29, 1.82) is 5.26 Å². The lowest BCUT2D eigenvalue weighted by Gasteiger charge is -2.08. The molecule has 1 aromatic carbocycles. The zero-order chi connectivity index (χ0) is 18.4. The molecule has 0 saturated carbocycles. The number of imidazole rings is 1. The van der Waals surface area contributed by atoms with Crippen LogP contribution in [0.25, 0.3) is 5.69 Å². The fraction of sp³-hybridized carbons (Fsp3) is 0.167. The van der Waals surface area contributed by atoms with Gasteiger partial charge in [-0.1, -0.05) is 11.8 Å². The highest BCUT2D eigenvalue weighted by Gasteiger charge is 2.10. The maximum absolute atomic E-state index is 12.1. The van der Waals surface area contributed by atoms with Crippen LogP contribution in [0.2, 0.25) is 0 Å². The van der Waals surface area contributed by atoms with Crippen LogP contribution < -0.4 is 10.1 Å². The average molecular weight is 384 g/mol. The number of nitrogens with one attached hydrogen (secondary N) is 1. The molecule has 0 aliphatic heterocycles. The molecule has 0 spiro atoms. The number of ether oxygens (including phenoxy) is 1. The molecule has 0 bridgehead atoms. The van der Waals surface area contributed by atoms with Gasteiger partial charge in [-0.2, -0.15) is 5.26 Å². The summed E-state index contributed by atoms with van der Waals surface area (Å²) in [7, 11) is 1.63. The number of methoxy groups -OCH3 is 1. The van der Waals surface area contributed by atoms with Crippen molar-refractivity contribution in [1.82, 2.24) is 9.55 Å². The van der Waals surface area contributed by atoms with Gasteiger partial charge in [-0.05, 0) is 35.7 Å². The number of hydrogen-bond acceptors (Lipinski definition) is 6. The highest BCUT2D eigenvalue weighted by molar-refractivity contribution is 7.99. The van der Waals surface area contributed by atoms with Gasteiger partial charge in [0.1, 0.15) is 16.8 Å². The SMILES string of the molecule is COc1ccc(-n2ccnc2SCCC(=O)Nc2sccc2C#N)cc1. The Balaban J connectivity index is 1.56. The topological polar surface area (TPSA) is 79.9 Å². The second-order valence-corrected chi connectivity index (χ2v) is 7.18. The molecule has 0 unspecified atom stereocenters. The lowest BCUT2D eigenvalue weighted by atomic mass is 10.3. The zero-order valence-corrected chi connectivity index (χ0v) is 15.6. The molecule has 26 heavy (non-hydrogen) atoms. The third-order valence-electron chi connectivity index (χ3n) is 3.56. The molecule has 1 amide bonds. The van der Waals surface area contributed by atoms with Gasteiger partial charge < -0.3 is 10.1 Å². The van der Waals surface area contributed by atoms with Crippen molar-refractivity contribution in [2.75, 3.05) is 18.2 Å². The Morgan fingerprint density at radius 3 is 2.92 bits per heavy atom. The third kappa shape index (κ3) is 4.25. The molecule has 0 aliphatic carbocycles. The number of nitriles is 1. The Hall–Kier alpha value is -2.76. The van der Waals surface area contributed by atoms with Gasteiger partial charge in [0.15, 0.2) is 5.16 Å². The summed E-state index contributed by atoms with van der Waals surface area (Å²) in [5, 5.41) is 15.0. The molecule has 1 N–H and O–H groups in total. The molecule has 0 fully saturated rings. The van der Waals surface area contributed by atoms with E-state index < -0.39 is 0 Å². The average Bonchev–Trinajstić information content (AvgIpc) is 3.31. The van der Waals surface area contributed by atoms with Gasteiger partial charge in [0.2, 0.25) is 5.91 Å². The second kappa shape index (κ2) is 8.56. The normalized spacial score (nSPS) is 10.3. The number of thiophene rings is 1. The van der Waals surface area contributed by atoms with Crippen molar-refractivity contribution in [2.45, 2.75) is 11.6 Å². The number of benzene rings is 1. The molecular weight excluding hydrogens is 368 g/mol. The van der Waals surface area contributed by atoms with Crippen LogP contribution in [0.15, 0.2) is 53.3 Å². The summed E-state index contributed by atoms with van der Waals surface area (Å²) in [4.78, 5) is 16.4. The molecule has 2 heterocycles. The van der Waals surface area contributed by atoms with E-state index in [-0.39, 0.29) is 5.91 Å². The van der Waals surface area contributed by atoms with Crippen molar-refractivity contribution in [3.05, 3.63) is 53.7 Å². The van der Waals surface area contributed by atoms with Gasteiger partial charge >= 0.3 is 0 Å². The summed E-state index contributed by atoms with van der Waals surface area (Å²) in [5.74, 6) is 1.27. The number of aromatic nitrogens is 2. The highest BCUT2D eigenvalue weighted by Crippen LogP contribution is 2.24. The molecule has 0 radical (unpaired) electrons. The predicted octanol–water partition coefficient (Wildman–Crippen LogP) is 3.93. The van der Waals surface area contributed by atoms with E-state index in [0.717, 1.165) is 16.6 Å². The van der Waals surface area contributed by atoms with Gasteiger partial charge in [0, 0.05) is 30.3 Å². The van der Waals surface area contributed by atoms with Crippen LogP contribution in [-0.2, 0) is 4.79 Å². The fourth-order valence-electron chi connectivity index (χ4n) is 2.25. The van der Waals surface area contributed by atoms with E-state index >= 15 is 0 Å². The van der Waals surface area contributed by atoms with Gasteiger partial charge in [-0.25, -0.2) is 4.98 Å². The Kier molecular flexibility index (Phi) is 5.94. The number of carbonyl (C=O) groups is 1. The quantitative estimate of drug-likeness (QED) is 0.624. The monoisotopic (exact) mass is 384 g/mol. The summed E-state index contributed by atoms with van der Waals surface area (Å²) in [5.41, 5.74) is 1.47. The van der Waals surface area contributed by atoms with E-state index in [9.17, 15) is 4.79 Å². The van der Waals surface area contributed by atoms with Crippen LogP contribution in [0.3, 0.4) is 0 Å². The standard InChI is InChI=1S/C18H16N4O2S2/c1-24-15-4-2-14(3-5-15)22-9-8-20-18(22)26-11-7-16(23)21-17-13(12-19)6-10-25-17/h2-6,8-10H,7,11H2,1H3,(H,21,23). The Morgan fingerprint density at radius 1 is 1.38 bits per heavy atom. The summed E-state index contributed by atoms with van der Waals surface area (Å²) in [6.45, 7) is 0. The van der Waals surface area contributed by atoms with Gasteiger partial charge in [-0.15, -0.1) is 11.3 Å². The molecule has 3 aromatic rings. The minimum atomic E-state index is -0.112. The van der Waals surface area contributed by atoms with E-state index in [2.05, 4.69) is 16.4 Å². The van der Waals surface area contributed by atoms with Crippen molar-refractivity contribution in [2.24, 2.45) is 0 Å². The van der Waals surface area contributed by atoms with Gasteiger partial charge in [0.25, 0.3) is 0 Å². The van der Waals surface area contributed by atoms with Crippen LogP contribution in [0.4, 0.5) is 5.00 Å². The van der Waals surface area contributed by atoms with Gasteiger partial charge in [-0.3, -0.25) is 9.36 Å². The first-order chi connectivity index (χ1) is 12.7. The van der Waals surface area contributed by atoms with Crippen LogP contribution >= 0.6 is 23.1 Å². The van der Waals surface area contributed by atoms with Crippen LogP contribution in [0.5, 0.6) is 5.75 Å². The first-order valence-electron chi connectivity index (χ1n) is 7.79. The van der Waals surface area contributed by atoms with Crippen molar-refractivity contribution < 1.29 is 9.53 Å². The molecule has 3 rings (SSSR count). The molecule has 0 aliphatic rings. The molecular formula is C18H16N4O2S2. The largest absolute Gasteiger partial charge is 0.497 e. The smallest absolute Gasteiger partial charge is 0.225 e. The Labute approximate surface area is 159 Å². The minimum Gasteiger partial charge on any atom is -0.497 e. The van der Waals surface area contributed by atoms with Crippen molar-refractivity contribution >= 4 is 34.0 Å². The van der Waals surface area contributed by atoms with E-state index in [1.807, 2.05) is 35.0 Å². The molecule has 0 atom stereocenters. The molecule has 6 nitrogen and oxygen atoms in total. The highest BCUT2D eigenvalue weighted by atomic mass is 32.2. The van der Waals surface area contributed by atoms with E-state index in [4.69, 9.17) is 10.00 Å². The van der Waals surface area contributed by atoms with E-state index in [1.165, 1.54) is 23.1 Å². The van der Waals surface area contributed by atoms with Crippen LogP contribution in [-0.4, -0.2) is 28.3 Å². The summed E-state index contributed by atoms with van der Waals surface area (Å²) >= 11 is 2.86. The lowest BCUT2D eigenvalue weighted by molar-refractivity contribution is -0.115. The predicted molar refractivity (Wildman–Crippen MR) is 103 cm³/mol. The van der Waals surface area contributed by atoms with Crippen LogP contribution in [0, 0.1) is 11.3 Å². The zero-order valence-electron chi connectivity index (χ0n) is 14.0. The van der Waals surface area contributed by atoms with Gasteiger partial charge in [0.05, 0.1) is 12.7 Å². The number of amides is 1. The van der Waals surface area contributed by atoms with Crippen molar-refractivity contribution in [3.8, 4) is 17.5 Å². The number of nitrogens with zero attached hydrogens (tertiary/aromatic N) is 3. The molecule has 8 heteroatoms. The number of rotatable bonds is 7. The third-order valence-corrected chi connectivity index (χ3v) is 5.35. The number of hydrogen-bond donors (Lipinski definition) is 1. The van der Waals surface area contributed by atoms with E-state index in [0.29, 0.717) is 22.7 Å². The fourth-order valence-corrected chi connectivity index (χ4v) is 3.92. The Bertz CT molecular complexity index is 925. The second-order valence-electron chi connectivity index (χ2n) is 5.20. The molecule has 0 saturated heterocycles. The lowest BCUT2D eigenvalue weighted by Crippen LogP contribution is -2.12. The number of carbonyl (C=O) groups excluding carboxylic acids is 1. The summed E-state index contributed by atoms with van der Waals surface area (Å²) in [6.07, 6.45) is 3.95. The maximum atomic E-state index is 12.1. The van der Waals surface area contributed by atoms with Crippen molar-refractivity contribution in [3.63, 3.8) is 0 Å². The first-order valence-corrected chi connectivity index (χ1v) is 9.66. The summed E-state index contributed by atoms with van der Waals surface area (Å²) < 4.78 is 7.14. The van der Waals surface area contributed by atoms with Crippen LogP contribution in [0.1, 0.15) is 12.0 Å². The molecule has 132 valence electrons. The Morgan fingerprint density at radius 2 is 2.19 bits per heavy atom. The maximum Gasteiger partial charge on any atom is 0.225 e.